The van der Waals surface area contributed by atoms with E-state index in [4.69, 9.17) is 0 Å². The molecule has 0 aliphatic heterocycles. The monoisotopic (exact) mass is 368 g/mol. The SMILES string of the molecule is CN(C)CCCC[C@H]1CC[C@H](N(C)c2ncc(Br)cn2)CC1. The summed E-state index contributed by atoms with van der Waals surface area (Å²) >= 11 is 3.39. The van der Waals surface area contributed by atoms with Crippen molar-refractivity contribution < 1.29 is 0 Å². The van der Waals surface area contributed by atoms with E-state index in [2.05, 4.69) is 56.8 Å². The maximum atomic E-state index is 4.41. The summed E-state index contributed by atoms with van der Waals surface area (Å²) < 4.78 is 0.936. The Balaban J connectivity index is 1.71. The Bertz CT molecular complexity index is 427. The van der Waals surface area contributed by atoms with Crippen molar-refractivity contribution in [3.8, 4) is 0 Å². The lowest BCUT2D eigenvalue weighted by Gasteiger charge is -2.34. The molecular formula is C17H29BrN4. The van der Waals surface area contributed by atoms with Crippen LogP contribution in [0.15, 0.2) is 16.9 Å². The normalized spacial score (nSPS) is 22.0. The van der Waals surface area contributed by atoms with Crippen LogP contribution < -0.4 is 4.90 Å². The molecule has 124 valence electrons. The molecular weight excluding hydrogens is 340 g/mol. The molecule has 1 aromatic rings. The molecule has 0 bridgehead atoms. The molecule has 0 spiro atoms. The summed E-state index contributed by atoms with van der Waals surface area (Å²) in [5, 5.41) is 0. The van der Waals surface area contributed by atoms with Gasteiger partial charge in [-0.1, -0.05) is 12.8 Å². The molecule has 1 aliphatic carbocycles. The van der Waals surface area contributed by atoms with Crippen LogP contribution in [0, 0.1) is 5.92 Å². The highest BCUT2D eigenvalue weighted by molar-refractivity contribution is 9.10. The minimum absolute atomic E-state index is 0.596. The molecule has 1 aromatic heterocycles. The second-order valence-electron chi connectivity index (χ2n) is 6.79. The van der Waals surface area contributed by atoms with Crippen LogP contribution >= 0.6 is 15.9 Å². The van der Waals surface area contributed by atoms with E-state index in [0.717, 1.165) is 16.3 Å². The fraction of sp³-hybridized carbons (Fsp3) is 0.765. The van der Waals surface area contributed by atoms with Gasteiger partial charge in [0.25, 0.3) is 0 Å². The highest BCUT2D eigenvalue weighted by atomic mass is 79.9. The smallest absolute Gasteiger partial charge is 0.225 e. The molecule has 4 nitrogen and oxygen atoms in total. The quantitative estimate of drug-likeness (QED) is 0.681. The van der Waals surface area contributed by atoms with E-state index in [1.807, 2.05) is 12.4 Å². The van der Waals surface area contributed by atoms with Crippen molar-refractivity contribution in [3.63, 3.8) is 0 Å². The Morgan fingerprint density at radius 1 is 1.05 bits per heavy atom. The van der Waals surface area contributed by atoms with Gasteiger partial charge >= 0.3 is 0 Å². The van der Waals surface area contributed by atoms with Crippen LogP contribution in [0.1, 0.15) is 44.9 Å². The van der Waals surface area contributed by atoms with Crippen LogP contribution in [0.25, 0.3) is 0 Å². The Hall–Kier alpha value is -0.680. The number of halogens is 1. The topological polar surface area (TPSA) is 32.3 Å². The average molecular weight is 369 g/mol. The molecule has 0 radical (unpaired) electrons. The van der Waals surface area contributed by atoms with Gasteiger partial charge < -0.3 is 9.80 Å². The van der Waals surface area contributed by atoms with Gasteiger partial charge in [0.2, 0.25) is 5.95 Å². The van der Waals surface area contributed by atoms with Crippen LogP contribution in [-0.2, 0) is 0 Å². The fourth-order valence-corrected chi connectivity index (χ4v) is 3.54. The molecule has 0 aromatic carbocycles. The first kappa shape index (κ1) is 17.7. The lowest BCUT2D eigenvalue weighted by molar-refractivity contribution is 0.291. The van der Waals surface area contributed by atoms with E-state index < -0.39 is 0 Å². The molecule has 1 fully saturated rings. The van der Waals surface area contributed by atoms with Crippen LogP contribution in [0.3, 0.4) is 0 Å². The lowest BCUT2D eigenvalue weighted by Crippen LogP contribution is -2.36. The predicted molar refractivity (Wildman–Crippen MR) is 96.3 cm³/mol. The van der Waals surface area contributed by atoms with Crippen molar-refractivity contribution in [3.05, 3.63) is 16.9 Å². The first-order chi connectivity index (χ1) is 10.6. The van der Waals surface area contributed by atoms with E-state index in [0.29, 0.717) is 6.04 Å². The van der Waals surface area contributed by atoms with E-state index in [-0.39, 0.29) is 0 Å². The summed E-state index contributed by atoms with van der Waals surface area (Å²) in [6.45, 7) is 1.22. The van der Waals surface area contributed by atoms with Crippen LogP contribution in [0.5, 0.6) is 0 Å². The molecule has 0 atom stereocenters. The number of unbranched alkanes of at least 4 members (excludes halogenated alkanes) is 1. The minimum atomic E-state index is 0.596. The van der Waals surface area contributed by atoms with Gasteiger partial charge in [-0.3, -0.25) is 0 Å². The number of hydrogen-bond donors (Lipinski definition) is 0. The summed E-state index contributed by atoms with van der Waals surface area (Å²) in [5.74, 6) is 1.77. The highest BCUT2D eigenvalue weighted by Crippen LogP contribution is 2.31. The zero-order valence-corrected chi connectivity index (χ0v) is 15.7. The van der Waals surface area contributed by atoms with E-state index >= 15 is 0 Å². The maximum Gasteiger partial charge on any atom is 0.225 e. The second kappa shape index (κ2) is 8.82. The lowest BCUT2D eigenvalue weighted by atomic mass is 9.82. The second-order valence-corrected chi connectivity index (χ2v) is 7.70. The molecule has 0 unspecified atom stereocenters. The Labute approximate surface area is 143 Å². The van der Waals surface area contributed by atoms with E-state index in [1.165, 1.54) is 51.5 Å². The molecule has 22 heavy (non-hydrogen) atoms. The number of anilines is 1. The number of rotatable bonds is 7. The number of nitrogens with zero attached hydrogens (tertiary/aromatic N) is 4. The average Bonchev–Trinajstić information content (AvgIpc) is 2.52. The van der Waals surface area contributed by atoms with Gasteiger partial charge in [-0.25, -0.2) is 9.97 Å². The third kappa shape index (κ3) is 5.51. The molecule has 2 rings (SSSR count). The molecule has 1 aliphatic rings. The van der Waals surface area contributed by atoms with Gasteiger partial charge in [0.1, 0.15) is 0 Å². The first-order valence-corrected chi connectivity index (χ1v) is 9.20. The van der Waals surface area contributed by atoms with Crippen molar-refractivity contribution in [2.24, 2.45) is 5.92 Å². The number of aromatic nitrogens is 2. The standard InChI is InChI=1S/C17H29BrN4/c1-21(2)11-5-4-6-14-7-9-16(10-8-14)22(3)17-19-12-15(18)13-20-17/h12-14,16H,4-11H2,1-3H3/t14-,16-. The summed E-state index contributed by atoms with van der Waals surface area (Å²) in [7, 11) is 6.45. The van der Waals surface area contributed by atoms with E-state index in [1.54, 1.807) is 0 Å². The summed E-state index contributed by atoms with van der Waals surface area (Å²) in [5.41, 5.74) is 0. The Morgan fingerprint density at radius 2 is 1.68 bits per heavy atom. The highest BCUT2D eigenvalue weighted by Gasteiger charge is 2.24. The van der Waals surface area contributed by atoms with Crippen molar-refractivity contribution in [2.45, 2.75) is 51.0 Å². The third-order valence-corrected chi connectivity index (χ3v) is 5.16. The van der Waals surface area contributed by atoms with Crippen LogP contribution in [-0.4, -0.2) is 48.6 Å². The van der Waals surface area contributed by atoms with Gasteiger partial charge in [0, 0.05) is 25.5 Å². The third-order valence-electron chi connectivity index (χ3n) is 4.75. The molecule has 0 saturated heterocycles. The molecule has 1 saturated carbocycles. The first-order valence-electron chi connectivity index (χ1n) is 8.41. The zero-order chi connectivity index (χ0) is 15.9. The van der Waals surface area contributed by atoms with Crippen molar-refractivity contribution in [1.82, 2.24) is 14.9 Å². The fourth-order valence-electron chi connectivity index (χ4n) is 3.33. The van der Waals surface area contributed by atoms with Crippen LogP contribution in [0.2, 0.25) is 0 Å². The molecule has 0 N–H and O–H groups in total. The zero-order valence-electron chi connectivity index (χ0n) is 14.1. The molecule has 5 heteroatoms. The van der Waals surface area contributed by atoms with E-state index in [9.17, 15) is 0 Å². The summed E-state index contributed by atoms with van der Waals surface area (Å²) in [6.07, 6.45) is 13.0. The van der Waals surface area contributed by atoms with Gasteiger partial charge in [-0.05, 0) is 74.6 Å². The Kier molecular flexibility index (Phi) is 7.09. The summed E-state index contributed by atoms with van der Waals surface area (Å²) in [6, 6.07) is 0.596. The minimum Gasteiger partial charge on any atom is -0.341 e. The Morgan fingerprint density at radius 3 is 2.27 bits per heavy atom. The van der Waals surface area contributed by atoms with Crippen molar-refractivity contribution in [2.75, 3.05) is 32.6 Å². The summed E-state index contributed by atoms with van der Waals surface area (Å²) in [4.78, 5) is 13.4. The van der Waals surface area contributed by atoms with Crippen molar-refractivity contribution >= 4 is 21.9 Å². The van der Waals surface area contributed by atoms with Gasteiger partial charge in [-0.15, -0.1) is 0 Å². The van der Waals surface area contributed by atoms with Gasteiger partial charge in [0.15, 0.2) is 0 Å². The van der Waals surface area contributed by atoms with Crippen molar-refractivity contribution in [1.29, 1.82) is 0 Å². The largest absolute Gasteiger partial charge is 0.341 e. The van der Waals surface area contributed by atoms with Crippen LogP contribution in [0.4, 0.5) is 5.95 Å². The maximum absolute atomic E-state index is 4.41. The molecule has 1 heterocycles. The van der Waals surface area contributed by atoms with Gasteiger partial charge in [-0.2, -0.15) is 0 Å². The molecule has 0 amide bonds. The van der Waals surface area contributed by atoms with Gasteiger partial charge in [0.05, 0.1) is 4.47 Å². The number of hydrogen-bond acceptors (Lipinski definition) is 4. The predicted octanol–water partition coefficient (Wildman–Crippen LogP) is 3.97.